The fraction of sp³-hybridized carbons (Fsp3) is 0.158. The van der Waals surface area contributed by atoms with Gasteiger partial charge in [0.15, 0.2) is 11.6 Å². The van der Waals surface area contributed by atoms with Gasteiger partial charge in [0, 0.05) is 24.2 Å². The van der Waals surface area contributed by atoms with Crippen LogP contribution in [0.4, 0.5) is 8.78 Å². The number of halogens is 2. The third-order valence-electron chi connectivity index (χ3n) is 4.01. The van der Waals surface area contributed by atoms with Crippen LogP contribution in [0.25, 0.3) is 0 Å². The minimum absolute atomic E-state index is 0.179. The second-order valence-corrected chi connectivity index (χ2v) is 7.84. The first-order valence-electron chi connectivity index (χ1n) is 8.13. The molecule has 3 rings (SSSR count). The molecule has 0 aliphatic rings. The summed E-state index contributed by atoms with van der Waals surface area (Å²) in [6.07, 6.45) is 2.15. The summed E-state index contributed by atoms with van der Waals surface area (Å²) in [7, 11) is -2.16. The Kier molecular flexibility index (Phi) is 5.57. The lowest BCUT2D eigenvalue weighted by Crippen LogP contribution is -2.18. The smallest absolute Gasteiger partial charge is 0.240 e. The molecule has 0 aliphatic carbocycles. The van der Waals surface area contributed by atoms with Gasteiger partial charge in [-0.1, -0.05) is 18.2 Å². The summed E-state index contributed by atoms with van der Waals surface area (Å²) >= 11 is 0. The Balaban J connectivity index is 1.80. The second kappa shape index (κ2) is 7.89. The molecule has 0 atom stereocenters. The summed E-state index contributed by atoms with van der Waals surface area (Å²) in [6.45, 7) is 0. The average Bonchev–Trinajstić information content (AvgIpc) is 2.65. The van der Waals surface area contributed by atoms with Crippen LogP contribution < -0.4 is 4.72 Å². The summed E-state index contributed by atoms with van der Waals surface area (Å²) < 4.78 is 52.5. The second-order valence-electron chi connectivity index (χ2n) is 5.96. The minimum atomic E-state index is -3.52. The van der Waals surface area contributed by atoms with Gasteiger partial charge in [0.2, 0.25) is 10.0 Å². The van der Waals surface area contributed by atoms with Crippen LogP contribution >= 0.6 is 0 Å². The highest BCUT2D eigenvalue weighted by Gasteiger charge is 2.12. The molecule has 1 aromatic heterocycles. The molecule has 0 saturated carbocycles. The first kappa shape index (κ1) is 19.1. The molecule has 140 valence electrons. The summed E-state index contributed by atoms with van der Waals surface area (Å²) in [5.74, 6) is -1.79. The number of hydrogen-bond acceptors (Lipinski definition) is 4. The molecule has 1 heterocycles. The van der Waals surface area contributed by atoms with Crippen LogP contribution in [0.15, 0.2) is 59.8 Å². The molecule has 1 N–H and O–H groups in total. The van der Waals surface area contributed by atoms with Crippen molar-refractivity contribution >= 4 is 10.0 Å². The largest absolute Gasteiger partial charge is 0.241 e. The van der Waals surface area contributed by atoms with Crippen molar-refractivity contribution < 1.29 is 17.2 Å². The Morgan fingerprint density at radius 2 is 1.56 bits per heavy atom. The summed E-state index contributed by atoms with van der Waals surface area (Å²) in [5.41, 5.74) is 2.73. The van der Waals surface area contributed by atoms with Crippen molar-refractivity contribution in [1.29, 1.82) is 0 Å². The summed E-state index contributed by atoms with van der Waals surface area (Å²) in [5, 5.41) is 0. The number of sulfonamides is 1. The van der Waals surface area contributed by atoms with Crippen LogP contribution in [0.5, 0.6) is 0 Å². The van der Waals surface area contributed by atoms with Crippen LogP contribution in [0.3, 0.4) is 0 Å². The van der Waals surface area contributed by atoms with Gasteiger partial charge in [-0.2, -0.15) is 0 Å². The van der Waals surface area contributed by atoms with E-state index >= 15 is 0 Å². The molecule has 5 nitrogen and oxygen atoms in total. The maximum Gasteiger partial charge on any atom is 0.240 e. The molecule has 0 unspecified atom stereocenters. The summed E-state index contributed by atoms with van der Waals surface area (Å²) in [4.78, 5) is 8.55. The van der Waals surface area contributed by atoms with E-state index in [-0.39, 0.29) is 4.90 Å². The molecule has 2 aromatic carbocycles. The lowest BCUT2D eigenvalue weighted by atomic mass is 10.1. The number of nitrogens with one attached hydrogen (secondary N) is 1. The topological polar surface area (TPSA) is 72.0 Å². The van der Waals surface area contributed by atoms with Crippen molar-refractivity contribution in [3.05, 3.63) is 89.0 Å². The fourth-order valence-corrected chi connectivity index (χ4v) is 3.45. The average molecular weight is 389 g/mol. The normalized spacial score (nSPS) is 11.5. The summed E-state index contributed by atoms with van der Waals surface area (Å²) in [6, 6.07) is 12.1. The van der Waals surface area contributed by atoms with E-state index in [1.165, 1.54) is 25.5 Å². The molecule has 0 aliphatic heterocycles. The van der Waals surface area contributed by atoms with E-state index in [1.54, 1.807) is 18.2 Å². The van der Waals surface area contributed by atoms with Crippen LogP contribution in [-0.2, 0) is 22.9 Å². The molecule has 27 heavy (non-hydrogen) atoms. The molecular weight excluding hydrogens is 372 g/mol. The Morgan fingerprint density at radius 3 is 2.19 bits per heavy atom. The fourth-order valence-electron chi connectivity index (χ4n) is 2.65. The van der Waals surface area contributed by atoms with Crippen LogP contribution in [0.1, 0.15) is 22.5 Å². The van der Waals surface area contributed by atoms with Crippen LogP contribution in [-0.4, -0.2) is 25.4 Å². The van der Waals surface area contributed by atoms with E-state index in [0.717, 1.165) is 17.7 Å². The van der Waals surface area contributed by atoms with Gasteiger partial charge in [0.1, 0.15) is 6.33 Å². The standard InChI is InChI=1S/C19H17F2N3O2S/c1-22-27(25,26)17-4-2-3-13(9-17)7-15-11-16(24-12-23-15)8-14-5-6-18(20)19(21)10-14/h2-6,9-12,22H,7-8H2,1H3. The van der Waals surface area contributed by atoms with Gasteiger partial charge in [-0.05, 0) is 48.5 Å². The lowest BCUT2D eigenvalue weighted by Gasteiger charge is -2.07. The Labute approximate surface area is 156 Å². The van der Waals surface area contributed by atoms with Crippen molar-refractivity contribution in [2.75, 3.05) is 7.05 Å². The molecule has 0 fully saturated rings. The maximum atomic E-state index is 13.4. The molecule has 0 saturated heterocycles. The van der Waals surface area contributed by atoms with Crippen molar-refractivity contribution in [2.45, 2.75) is 17.7 Å². The van der Waals surface area contributed by atoms with E-state index in [4.69, 9.17) is 0 Å². The predicted molar refractivity (Wildman–Crippen MR) is 96.7 cm³/mol. The van der Waals surface area contributed by atoms with Crippen LogP contribution in [0, 0.1) is 11.6 Å². The molecule has 0 spiro atoms. The molecule has 3 aromatic rings. The zero-order valence-corrected chi connectivity index (χ0v) is 15.3. The molecular formula is C19H17F2N3O2S. The lowest BCUT2D eigenvalue weighted by molar-refractivity contribution is 0.507. The highest BCUT2D eigenvalue weighted by Crippen LogP contribution is 2.16. The highest BCUT2D eigenvalue weighted by atomic mass is 32.2. The van der Waals surface area contributed by atoms with Gasteiger partial charge >= 0.3 is 0 Å². The van der Waals surface area contributed by atoms with Gasteiger partial charge in [-0.3, -0.25) is 0 Å². The van der Waals surface area contributed by atoms with Gasteiger partial charge in [-0.25, -0.2) is 31.9 Å². The predicted octanol–water partition coefficient (Wildman–Crippen LogP) is 2.84. The number of hydrogen-bond donors (Lipinski definition) is 1. The van der Waals surface area contributed by atoms with Crippen molar-refractivity contribution in [1.82, 2.24) is 14.7 Å². The number of benzene rings is 2. The Morgan fingerprint density at radius 1 is 0.889 bits per heavy atom. The minimum Gasteiger partial charge on any atom is -0.241 e. The van der Waals surface area contributed by atoms with E-state index in [2.05, 4.69) is 14.7 Å². The Hall–Kier alpha value is -2.71. The van der Waals surface area contributed by atoms with Gasteiger partial charge in [0.05, 0.1) is 4.90 Å². The van der Waals surface area contributed by atoms with Crippen molar-refractivity contribution in [3.8, 4) is 0 Å². The zero-order valence-electron chi connectivity index (χ0n) is 14.5. The third kappa shape index (κ3) is 4.72. The van der Waals surface area contributed by atoms with Crippen LogP contribution in [0.2, 0.25) is 0 Å². The van der Waals surface area contributed by atoms with Crippen molar-refractivity contribution in [2.24, 2.45) is 0 Å². The van der Waals surface area contributed by atoms with Gasteiger partial charge in [-0.15, -0.1) is 0 Å². The number of nitrogens with zero attached hydrogens (tertiary/aromatic N) is 2. The number of aromatic nitrogens is 2. The quantitative estimate of drug-likeness (QED) is 0.704. The van der Waals surface area contributed by atoms with E-state index in [9.17, 15) is 17.2 Å². The SMILES string of the molecule is CNS(=O)(=O)c1cccc(Cc2cc(Cc3ccc(F)c(F)c3)ncn2)c1. The number of rotatable bonds is 6. The maximum absolute atomic E-state index is 13.4. The van der Waals surface area contributed by atoms with E-state index in [1.807, 2.05) is 6.07 Å². The van der Waals surface area contributed by atoms with Crippen molar-refractivity contribution in [3.63, 3.8) is 0 Å². The zero-order chi connectivity index (χ0) is 19.4. The van der Waals surface area contributed by atoms with E-state index in [0.29, 0.717) is 29.8 Å². The third-order valence-corrected chi connectivity index (χ3v) is 5.42. The van der Waals surface area contributed by atoms with Gasteiger partial charge < -0.3 is 0 Å². The Bertz CT molecular complexity index is 1070. The first-order valence-corrected chi connectivity index (χ1v) is 9.62. The van der Waals surface area contributed by atoms with Gasteiger partial charge in [0.25, 0.3) is 0 Å². The molecule has 0 amide bonds. The first-order chi connectivity index (χ1) is 12.9. The highest BCUT2D eigenvalue weighted by molar-refractivity contribution is 7.89. The van der Waals surface area contributed by atoms with E-state index < -0.39 is 21.7 Å². The molecule has 0 bridgehead atoms. The molecule has 0 radical (unpaired) electrons. The monoisotopic (exact) mass is 389 g/mol. The molecule has 8 heteroatoms.